The number of ketones is 2. The Morgan fingerprint density at radius 3 is 2.57 bits per heavy atom. The van der Waals surface area contributed by atoms with E-state index in [4.69, 9.17) is 0 Å². The van der Waals surface area contributed by atoms with Crippen LogP contribution < -0.4 is 5.32 Å². The molecule has 0 saturated carbocycles. The van der Waals surface area contributed by atoms with Crippen LogP contribution in [0.4, 0.5) is 0 Å². The zero-order valence-electron chi connectivity index (χ0n) is 16.5. The third-order valence-corrected chi connectivity index (χ3v) is 6.15. The van der Waals surface area contributed by atoms with Gasteiger partial charge in [0.2, 0.25) is 5.91 Å². The molecule has 0 bridgehead atoms. The second kappa shape index (κ2) is 8.97. The third-order valence-electron chi connectivity index (χ3n) is 6.15. The van der Waals surface area contributed by atoms with E-state index in [1.165, 1.54) is 4.90 Å². The summed E-state index contributed by atoms with van der Waals surface area (Å²) in [7, 11) is 0. The van der Waals surface area contributed by atoms with E-state index in [9.17, 15) is 19.5 Å². The molecule has 1 aromatic rings. The van der Waals surface area contributed by atoms with Crippen LogP contribution in [0.25, 0.3) is 0 Å². The molecule has 6 nitrogen and oxygen atoms in total. The van der Waals surface area contributed by atoms with Gasteiger partial charge in [0.05, 0.1) is 6.04 Å². The average Bonchev–Trinajstić information content (AvgIpc) is 3.36. The number of carbonyl (C=O) groups is 3. The molecule has 1 aromatic carbocycles. The fraction of sp³-hybridized carbons (Fsp3) is 0.591. The number of rotatable bonds is 8. The van der Waals surface area contributed by atoms with Gasteiger partial charge in [0.25, 0.3) is 0 Å². The predicted molar refractivity (Wildman–Crippen MR) is 106 cm³/mol. The topological polar surface area (TPSA) is 86.7 Å². The molecule has 2 aliphatic heterocycles. The molecule has 0 aromatic heterocycles. The number of aliphatic hydroxyl groups is 1. The van der Waals surface area contributed by atoms with Crippen molar-refractivity contribution in [1.29, 1.82) is 0 Å². The SMILES string of the molecule is C[C@@H]1CC[C@@](C(=O)CO)(C(=O)CCCc2ccccc2)N1C(=O)[C@@H]1CCCN1. The minimum atomic E-state index is -1.51. The standard InChI is InChI=1S/C22H30N2O4/c1-16-12-13-22(20(27)15-25,24(16)21(28)18-10-6-14-23-18)19(26)11-5-9-17-7-3-2-4-8-17/h2-4,7-8,16,18,23,25H,5-6,9-15H2,1H3/t16-,18+,22+/m1/s1. The van der Waals surface area contributed by atoms with Gasteiger partial charge in [-0.25, -0.2) is 0 Å². The fourth-order valence-electron chi connectivity index (χ4n) is 4.65. The number of hydrogen-bond donors (Lipinski definition) is 2. The number of likely N-dealkylation sites (tertiary alicyclic amines) is 1. The second-order valence-electron chi connectivity index (χ2n) is 7.95. The number of aliphatic hydroxyl groups excluding tert-OH is 1. The molecule has 3 rings (SSSR count). The molecule has 2 heterocycles. The van der Waals surface area contributed by atoms with E-state index in [0.29, 0.717) is 25.7 Å². The van der Waals surface area contributed by atoms with Crippen LogP contribution in [0.5, 0.6) is 0 Å². The highest BCUT2D eigenvalue weighted by Gasteiger charge is 2.57. The van der Waals surface area contributed by atoms with Crippen LogP contribution in [0.3, 0.4) is 0 Å². The summed E-state index contributed by atoms with van der Waals surface area (Å²) in [5.41, 5.74) is -0.368. The smallest absolute Gasteiger partial charge is 0.241 e. The van der Waals surface area contributed by atoms with Gasteiger partial charge in [-0.1, -0.05) is 30.3 Å². The molecule has 0 aliphatic carbocycles. The van der Waals surface area contributed by atoms with Gasteiger partial charge >= 0.3 is 0 Å². The quantitative estimate of drug-likeness (QED) is 0.664. The Balaban J connectivity index is 1.78. The van der Waals surface area contributed by atoms with E-state index < -0.39 is 17.9 Å². The zero-order chi connectivity index (χ0) is 20.1. The van der Waals surface area contributed by atoms with E-state index in [0.717, 1.165) is 24.9 Å². The van der Waals surface area contributed by atoms with Crippen LogP contribution in [0.2, 0.25) is 0 Å². The maximum atomic E-state index is 13.3. The molecule has 0 radical (unpaired) electrons. The summed E-state index contributed by atoms with van der Waals surface area (Å²) in [6.45, 7) is 1.93. The van der Waals surface area contributed by atoms with Crippen LogP contribution in [0, 0.1) is 0 Å². The molecule has 0 unspecified atom stereocenters. The van der Waals surface area contributed by atoms with Crippen LogP contribution in [-0.4, -0.2) is 58.3 Å². The largest absolute Gasteiger partial charge is 0.388 e. The summed E-state index contributed by atoms with van der Waals surface area (Å²) < 4.78 is 0. The lowest BCUT2D eigenvalue weighted by Gasteiger charge is -2.39. The minimum absolute atomic E-state index is 0.180. The van der Waals surface area contributed by atoms with Crippen molar-refractivity contribution >= 4 is 17.5 Å². The molecule has 0 spiro atoms. The second-order valence-corrected chi connectivity index (χ2v) is 7.95. The van der Waals surface area contributed by atoms with Crippen molar-refractivity contribution in [3.05, 3.63) is 35.9 Å². The molecule has 2 fully saturated rings. The first-order chi connectivity index (χ1) is 13.5. The highest BCUT2D eigenvalue weighted by atomic mass is 16.3. The fourth-order valence-corrected chi connectivity index (χ4v) is 4.65. The molecule has 2 N–H and O–H groups in total. The highest BCUT2D eigenvalue weighted by Crippen LogP contribution is 2.38. The van der Waals surface area contributed by atoms with Crippen molar-refractivity contribution in [2.24, 2.45) is 0 Å². The number of amides is 1. The van der Waals surface area contributed by atoms with Crippen molar-refractivity contribution < 1.29 is 19.5 Å². The Morgan fingerprint density at radius 1 is 1.18 bits per heavy atom. The Bertz CT molecular complexity index is 715. The number of hydrogen-bond acceptors (Lipinski definition) is 5. The van der Waals surface area contributed by atoms with E-state index in [1.807, 2.05) is 37.3 Å². The summed E-state index contributed by atoms with van der Waals surface area (Å²) in [5, 5.41) is 12.8. The number of benzene rings is 1. The number of nitrogens with one attached hydrogen (secondary N) is 1. The molecular weight excluding hydrogens is 356 g/mol. The lowest BCUT2D eigenvalue weighted by molar-refractivity contribution is -0.155. The van der Waals surface area contributed by atoms with E-state index in [1.54, 1.807) is 0 Å². The van der Waals surface area contributed by atoms with Gasteiger partial charge in [-0.3, -0.25) is 14.4 Å². The highest BCUT2D eigenvalue weighted by molar-refractivity contribution is 6.15. The van der Waals surface area contributed by atoms with Gasteiger partial charge in [0.15, 0.2) is 17.1 Å². The predicted octanol–water partition coefficient (Wildman–Crippen LogP) is 1.64. The maximum Gasteiger partial charge on any atom is 0.241 e. The lowest BCUT2D eigenvalue weighted by Crippen LogP contribution is -2.63. The molecular formula is C22H30N2O4. The third kappa shape index (κ3) is 3.89. The lowest BCUT2D eigenvalue weighted by atomic mass is 9.83. The average molecular weight is 386 g/mol. The maximum absolute atomic E-state index is 13.3. The normalized spacial score (nSPS) is 27.1. The molecule has 1 amide bonds. The van der Waals surface area contributed by atoms with Gasteiger partial charge < -0.3 is 15.3 Å². The molecule has 152 valence electrons. The van der Waals surface area contributed by atoms with Crippen molar-refractivity contribution in [1.82, 2.24) is 10.2 Å². The van der Waals surface area contributed by atoms with Crippen molar-refractivity contribution in [2.45, 2.75) is 69.5 Å². The van der Waals surface area contributed by atoms with Gasteiger partial charge in [0.1, 0.15) is 6.61 Å². The summed E-state index contributed by atoms with van der Waals surface area (Å²) in [4.78, 5) is 40.8. The van der Waals surface area contributed by atoms with Crippen LogP contribution in [0.15, 0.2) is 30.3 Å². The molecule has 6 heteroatoms. The minimum Gasteiger partial charge on any atom is -0.388 e. The summed E-state index contributed by atoms with van der Waals surface area (Å²) >= 11 is 0. The van der Waals surface area contributed by atoms with Crippen molar-refractivity contribution in [3.8, 4) is 0 Å². The molecule has 2 aliphatic rings. The van der Waals surface area contributed by atoms with Gasteiger partial charge in [-0.15, -0.1) is 0 Å². The Labute approximate surface area is 166 Å². The van der Waals surface area contributed by atoms with Crippen LogP contribution in [0.1, 0.15) is 51.0 Å². The summed E-state index contributed by atoms with van der Waals surface area (Å²) in [6.07, 6.45) is 4.09. The van der Waals surface area contributed by atoms with Gasteiger partial charge in [-0.2, -0.15) is 0 Å². The number of aryl methyl sites for hydroxylation is 1. The number of carbonyl (C=O) groups excluding carboxylic acids is 3. The van der Waals surface area contributed by atoms with Gasteiger partial charge in [0, 0.05) is 12.5 Å². The van der Waals surface area contributed by atoms with Crippen LogP contribution in [-0.2, 0) is 20.8 Å². The molecule has 2 saturated heterocycles. The molecule has 3 atom stereocenters. The number of Topliss-reactive ketones (excluding diaryl/α,β-unsaturated/α-hetero) is 2. The summed E-state index contributed by atoms with van der Waals surface area (Å²) in [5.74, 6) is -0.966. The van der Waals surface area contributed by atoms with Gasteiger partial charge in [-0.05, 0) is 57.6 Å². The Kier molecular flexibility index (Phi) is 6.62. The molecule has 28 heavy (non-hydrogen) atoms. The van der Waals surface area contributed by atoms with Crippen molar-refractivity contribution in [2.75, 3.05) is 13.2 Å². The summed E-state index contributed by atoms with van der Waals surface area (Å²) in [6, 6.07) is 9.36. The number of nitrogens with zero attached hydrogens (tertiary/aromatic N) is 1. The van der Waals surface area contributed by atoms with E-state index in [2.05, 4.69) is 5.32 Å². The van der Waals surface area contributed by atoms with E-state index >= 15 is 0 Å². The van der Waals surface area contributed by atoms with Crippen LogP contribution >= 0.6 is 0 Å². The first kappa shape index (κ1) is 20.7. The Hall–Kier alpha value is -2.05. The first-order valence-corrected chi connectivity index (χ1v) is 10.3. The zero-order valence-corrected chi connectivity index (χ0v) is 16.5. The van der Waals surface area contributed by atoms with Crippen molar-refractivity contribution in [3.63, 3.8) is 0 Å². The Morgan fingerprint density at radius 2 is 1.93 bits per heavy atom. The van der Waals surface area contributed by atoms with E-state index in [-0.39, 0.29) is 30.2 Å². The monoisotopic (exact) mass is 386 g/mol. The first-order valence-electron chi connectivity index (χ1n) is 10.3.